The normalized spacial score (nSPS) is 22.7. The number of nitriles is 2. The number of aromatic nitrogens is 5. The van der Waals surface area contributed by atoms with E-state index in [1.165, 1.54) is 0 Å². The van der Waals surface area contributed by atoms with Crippen molar-refractivity contribution < 1.29 is 4.79 Å². The predicted molar refractivity (Wildman–Crippen MR) is 143 cm³/mol. The quantitative estimate of drug-likeness (QED) is 0.394. The average molecular weight is 520 g/mol. The van der Waals surface area contributed by atoms with Crippen LogP contribution < -0.4 is 5.32 Å². The van der Waals surface area contributed by atoms with Crippen LogP contribution in [0.2, 0.25) is 0 Å². The van der Waals surface area contributed by atoms with Crippen LogP contribution in [0.15, 0.2) is 55.2 Å². The Hall–Kier alpha value is -4.54. The van der Waals surface area contributed by atoms with Crippen molar-refractivity contribution in [3.05, 3.63) is 77.8 Å². The van der Waals surface area contributed by atoms with Crippen molar-refractivity contribution in [3.63, 3.8) is 0 Å². The third-order valence-electron chi connectivity index (χ3n) is 8.12. The lowest BCUT2D eigenvalue weighted by atomic mass is 9.57. The predicted octanol–water partition coefficient (Wildman–Crippen LogP) is 3.67. The first-order chi connectivity index (χ1) is 19.0. The number of nitrogens with zero attached hydrogens (tertiary/aromatic N) is 8. The molecule has 1 atom stereocenters. The van der Waals surface area contributed by atoms with Gasteiger partial charge in [0.1, 0.15) is 17.8 Å². The maximum atomic E-state index is 13.6. The van der Waals surface area contributed by atoms with Gasteiger partial charge in [0.25, 0.3) is 5.91 Å². The Balaban J connectivity index is 1.27. The maximum absolute atomic E-state index is 13.6. The van der Waals surface area contributed by atoms with Crippen molar-refractivity contribution >= 4 is 17.2 Å². The number of anilines is 1. The molecule has 0 unspecified atom stereocenters. The zero-order chi connectivity index (χ0) is 27.0. The summed E-state index contributed by atoms with van der Waals surface area (Å²) >= 11 is 0. The van der Waals surface area contributed by atoms with Crippen LogP contribution in [-0.4, -0.2) is 48.0 Å². The second-order valence-corrected chi connectivity index (χ2v) is 10.8. The monoisotopic (exact) mass is 519 g/mol. The number of carbonyl (C=O) groups is 1. The van der Waals surface area contributed by atoms with E-state index in [0.717, 1.165) is 49.3 Å². The van der Waals surface area contributed by atoms with Gasteiger partial charge in [-0.3, -0.25) is 9.69 Å². The third-order valence-corrected chi connectivity index (χ3v) is 8.12. The molecule has 1 aliphatic carbocycles. The molecule has 3 aromatic heterocycles. The van der Waals surface area contributed by atoms with Crippen molar-refractivity contribution in [2.75, 3.05) is 18.4 Å². The Labute approximate surface area is 226 Å². The molecule has 196 valence electrons. The molecule has 1 saturated heterocycles. The number of hydrogen-bond donors (Lipinski definition) is 1. The van der Waals surface area contributed by atoms with Gasteiger partial charge in [0.15, 0.2) is 0 Å². The number of pyridine rings is 1. The molecule has 4 aromatic rings. The number of fused-ring (bicyclic) bond motifs is 1. The number of benzene rings is 1. The van der Waals surface area contributed by atoms with Gasteiger partial charge in [0.05, 0.1) is 29.0 Å². The summed E-state index contributed by atoms with van der Waals surface area (Å²) in [4.78, 5) is 20.3. The van der Waals surface area contributed by atoms with Crippen LogP contribution in [-0.2, 0) is 19.0 Å². The van der Waals surface area contributed by atoms with Gasteiger partial charge in [0.2, 0.25) is 0 Å². The van der Waals surface area contributed by atoms with Crippen molar-refractivity contribution in [2.24, 2.45) is 18.9 Å². The molecule has 0 radical (unpaired) electrons. The molecule has 4 heterocycles. The summed E-state index contributed by atoms with van der Waals surface area (Å²) in [5.74, 6) is 1.01. The Morgan fingerprint density at radius 3 is 2.87 bits per heavy atom. The summed E-state index contributed by atoms with van der Waals surface area (Å²) in [6.07, 6.45) is 10.2. The van der Waals surface area contributed by atoms with Gasteiger partial charge < -0.3 is 14.3 Å². The summed E-state index contributed by atoms with van der Waals surface area (Å²) < 4.78 is 3.82. The number of amides is 1. The summed E-state index contributed by atoms with van der Waals surface area (Å²) in [5, 5.41) is 30.1. The van der Waals surface area contributed by atoms with Gasteiger partial charge in [-0.25, -0.2) is 4.98 Å². The highest BCUT2D eigenvalue weighted by atomic mass is 16.1. The highest BCUT2D eigenvalue weighted by molar-refractivity contribution is 6.08. The zero-order valence-electron chi connectivity index (χ0n) is 21.8. The smallest absolute Gasteiger partial charge is 0.259 e. The van der Waals surface area contributed by atoms with E-state index in [9.17, 15) is 15.3 Å². The van der Waals surface area contributed by atoms with E-state index in [1.54, 1.807) is 12.5 Å². The SMILES string of the molecule is Cn1cnnc1C1(c2cccc(NC(=O)c3cc(CN4CC[C@H](C#N)C4)cn4ccnc34)c2)CC(CC#N)C1. The second-order valence-electron chi connectivity index (χ2n) is 10.8. The van der Waals surface area contributed by atoms with Gasteiger partial charge in [0, 0.05) is 50.8 Å². The molecule has 1 N–H and O–H groups in total. The lowest BCUT2D eigenvalue weighted by molar-refractivity contribution is 0.102. The van der Waals surface area contributed by atoms with E-state index in [0.29, 0.717) is 35.8 Å². The topological polar surface area (TPSA) is 128 Å². The summed E-state index contributed by atoms with van der Waals surface area (Å²) in [6, 6.07) is 14.5. The van der Waals surface area contributed by atoms with Crippen molar-refractivity contribution in [2.45, 2.75) is 37.6 Å². The molecule has 6 rings (SSSR count). The van der Waals surface area contributed by atoms with E-state index >= 15 is 0 Å². The molecule has 10 nitrogen and oxygen atoms in total. The fraction of sp³-hybridized carbons (Fsp3) is 0.379. The highest BCUT2D eigenvalue weighted by Gasteiger charge is 2.49. The molecule has 1 aliphatic heterocycles. The minimum Gasteiger partial charge on any atom is -0.322 e. The molecular formula is C29H29N9O. The van der Waals surface area contributed by atoms with Crippen LogP contribution in [0.3, 0.4) is 0 Å². The van der Waals surface area contributed by atoms with Gasteiger partial charge in [-0.05, 0) is 61.1 Å². The van der Waals surface area contributed by atoms with E-state index in [2.05, 4.69) is 43.6 Å². The highest BCUT2D eigenvalue weighted by Crippen LogP contribution is 2.53. The summed E-state index contributed by atoms with van der Waals surface area (Å²) in [6.45, 7) is 2.29. The summed E-state index contributed by atoms with van der Waals surface area (Å²) in [7, 11) is 1.94. The number of likely N-dealkylation sites (tertiary alicyclic amines) is 1. The largest absolute Gasteiger partial charge is 0.322 e. The van der Waals surface area contributed by atoms with Crippen LogP contribution in [0.5, 0.6) is 0 Å². The molecule has 0 spiro atoms. The average Bonchev–Trinajstić information content (AvgIpc) is 3.67. The number of hydrogen-bond acceptors (Lipinski definition) is 7. The zero-order valence-corrected chi connectivity index (χ0v) is 21.8. The van der Waals surface area contributed by atoms with Crippen LogP contribution in [0, 0.1) is 34.5 Å². The molecule has 1 saturated carbocycles. The minimum absolute atomic E-state index is 0.0627. The van der Waals surface area contributed by atoms with Gasteiger partial charge >= 0.3 is 0 Å². The summed E-state index contributed by atoms with van der Waals surface area (Å²) in [5.41, 5.74) is 3.48. The molecule has 10 heteroatoms. The van der Waals surface area contributed by atoms with E-state index in [4.69, 9.17) is 0 Å². The lowest BCUT2D eigenvalue weighted by Gasteiger charge is -2.46. The number of nitrogens with one attached hydrogen (secondary N) is 1. The van der Waals surface area contributed by atoms with Crippen molar-refractivity contribution in [3.8, 4) is 12.1 Å². The fourth-order valence-corrected chi connectivity index (χ4v) is 6.24. The molecule has 2 fully saturated rings. The lowest BCUT2D eigenvalue weighted by Crippen LogP contribution is -2.44. The van der Waals surface area contributed by atoms with Crippen LogP contribution in [0.25, 0.3) is 5.65 Å². The van der Waals surface area contributed by atoms with Crippen LogP contribution >= 0.6 is 0 Å². The van der Waals surface area contributed by atoms with Gasteiger partial charge in [-0.1, -0.05) is 12.1 Å². The number of carbonyl (C=O) groups excluding carboxylic acids is 1. The first kappa shape index (κ1) is 24.8. The molecule has 1 amide bonds. The fourth-order valence-electron chi connectivity index (χ4n) is 6.24. The Morgan fingerprint density at radius 2 is 2.13 bits per heavy atom. The van der Waals surface area contributed by atoms with Gasteiger partial charge in [-0.15, -0.1) is 10.2 Å². The Kier molecular flexibility index (Phi) is 6.34. The molecular weight excluding hydrogens is 490 g/mol. The van der Waals surface area contributed by atoms with Gasteiger partial charge in [-0.2, -0.15) is 10.5 Å². The second kappa shape index (κ2) is 9.97. The van der Waals surface area contributed by atoms with E-state index in [-0.39, 0.29) is 17.2 Å². The molecule has 0 bridgehead atoms. The first-order valence-electron chi connectivity index (χ1n) is 13.2. The minimum atomic E-state index is -0.346. The number of aryl methyl sites for hydroxylation is 1. The molecule has 39 heavy (non-hydrogen) atoms. The number of rotatable bonds is 7. The standard InChI is InChI=1S/C29H29N9O/c1-36-19-33-35-28(36)29(13-20(14-29)5-7-30)23-3-2-4-24(12-23)34-27(39)25-11-22(18-38-10-8-32-26(25)38)17-37-9-6-21(15-31)16-37/h2-4,8,10-12,18-21H,5-6,9,13-14,16-17H2,1H3,(H,34,39)/t20?,21-,29?/m1/s1. The number of imidazole rings is 1. The van der Waals surface area contributed by atoms with Crippen LogP contribution in [0.4, 0.5) is 5.69 Å². The Morgan fingerprint density at radius 1 is 1.26 bits per heavy atom. The molecule has 2 aliphatic rings. The third kappa shape index (κ3) is 4.53. The van der Waals surface area contributed by atoms with E-state index in [1.807, 2.05) is 52.7 Å². The van der Waals surface area contributed by atoms with Crippen molar-refractivity contribution in [1.29, 1.82) is 10.5 Å². The molecule has 1 aromatic carbocycles. The first-order valence-corrected chi connectivity index (χ1v) is 13.2. The van der Waals surface area contributed by atoms with Crippen LogP contribution in [0.1, 0.15) is 53.0 Å². The maximum Gasteiger partial charge on any atom is 0.259 e. The van der Waals surface area contributed by atoms with E-state index < -0.39 is 0 Å². The van der Waals surface area contributed by atoms with Crippen molar-refractivity contribution in [1.82, 2.24) is 29.0 Å². The Bertz CT molecular complexity index is 1620.